The van der Waals surface area contributed by atoms with Gasteiger partial charge < -0.3 is 4.57 Å². The maximum absolute atomic E-state index is 3.64. The number of hydrogen-bond donors (Lipinski definition) is 0. The number of halogens is 1. The molecule has 0 bridgehead atoms. The zero-order valence-corrected chi connectivity index (χ0v) is 15.6. The van der Waals surface area contributed by atoms with E-state index in [0.29, 0.717) is 0 Å². The molecule has 0 N–H and O–H groups in total. The third-order valence-corrected chi connectivity index (χ3v) is 5.81. The van der Waals surface area contributed by atoms with Crippen molar-refractivity contribution in [2.75, 3.05) is 18.8 Å². The van der Waals surface area contributed by atoms with Crippen LogP contribution in [0.3, 0.4) is 0 Å². The molecule has 0 aliphatic heterocycles. The second kappa shape index (κ2) is 4.90. The molecule has 3 aromatic rings. The lowest BCUT2D eigenvalue weighted by atomic mass is 10.1. The highest BCUT2D eigenvalue weighted by atomic mass is 79.9. The van der Waals surface area contributed by atoms with Gasteiger partial charge in [0.05, 0.1) is 11.6 Å². The zero-order valence-electron chi connectivity index (χ0n) is 13.2. The maximum Gasteiger partial charge on any atom is 0.0537 e. The van der Waals surface area contributed by atoms with Gasteiger partial charge in [-0.1, -0.05) is 40.2 Å². The first-order chi connectivity index (χ1) is 10.4. The third kappa shape index (κ3) is 2.22. The summed E-state index contributed by atoms with van der Waals surface area (Å²) in [4.78, 5) is 0. The van der Waals surface area contributed by atoms with Gasteiger partial charge in [0.15, 0.2) is 0 Å². The van der Waals surface area contributed by atoms with Gasteiger partial charge in [0, 0.05) is 27.4 Å². The summed E-state index contributed by atoms with van der Waals surface area (Å²) in [6, 6.07) is 15.6. The van der Waals surface area contributed by atoms with Crippen LogP contribution in [0.2, 0.25) is 0 Å². The highest BCUT2D eigenvalue weighted by Crippen LogP contribution is 2.47. The number of benzene rings is 2. The molecule has 0 atom stereocenters. The molecule has 0 saturated heterocycles. The summed E-state index contributed by atoms with van der Waals surface area (Å²) in [6.45, 7) is 0. The fourth-order valence-corrected chi connectivity index (χ4v) is 4.90. The molecule has 0 radical (unpaired) electrons. The molecule has 22 heavy (non-hydrogen) atoms. The molecule has 1 heterocycles. The number of rotatable bonds is 2. The van der Waals surface area contributed by atoms with Gasteiger partial charge in [-0.25, -0.2) is 10.0 Å². The van der Waals surface area contributed by atoms with E-state index in [2.05, 4.69) is 81.7 Å². The minimum absolute atomic E-state index is 0.622. The van der Waals surface area contributed by atoms with Gasteiger partial charge >= 0.3 is 0 Å². The van der Waals surface area contributed by atoms with Crippen molar-refractivity contribution in [3.8, 4) is 11.3 Å². The molecule has 0 unspecified atom stereocenters. The second-order valence-electron chi connectivity index (χ2n) is 6.97. The maximum atomic E-state index is 3.64. The van der Waals surface area contributed by atoms with Crippen molar-refractivity contribution in [1.82, 2.24) is 4.57 Å². The smallest absolute Gasteiger partial charge is 0.0537 e. The van der Waals surface area contributed by atoms with E-state index < -0.39 is 10.0 Å². The van der Waals surface area contributed by atoms with Crippen molar-refractivity contribution in [2.24, 2.45) is 0 Å². The molecule has 3 heteroatoms. The molecule has 0 amide bonds. The Kier molecular flexibility index (Phi) is 3.21. The van der Waals surface area contributed by atoms with Crippen molar-refractivity contribution in [3.63, 3.8) is 0 Å². The summed E-state index contributed by atoms with van der Waals surface area (Å²) in [7, 11) is -0.622. The van der Waals surface area contributed by atoms with E-state index in [1.54, 1.807) is 0 Å². The van der Waals surface area contributed by atoms with Gasteiger partial charge in [-0.2, -0.15) is 0 Å². The van der Waals surface area contributed by atoms with E-state index >= 15 is 0 Å². The van der Waals surface area contributed by atoms with Gasteiger partial charge in [-0.05, 0) is 48.1 Å². The molecule has 4 rings (SSSR count). The van der Waals surface area contributed by atoms with Gasteiger partial charge in [0.2, 0.25) is 0 Å². The largest absolute Gasteiger partial charge is 0.332 e. The first-order valence-corrected chi connectivity index (χ1v) is 11.3. The Morgan fingerprint density at radius 3 is 2.64 bits per heavy atom. The Hall–Kier alpha value is -1.19. The highest BCUT2D eigenvalue weighted by molar-refractivity contribution is 9.10. The summed E-state index contributed by atoms with van der Waals surface area (Å²) < 4.78 is 3.73. The van der Waals surface area contributed by atoms with E-state index in [4.69, 9.17) is 0 Å². The van der Waals surface area contributed by atoms with Crippen LogP contribution < -0.4 is 0 Å². The van der Waals surface area contributed by atoms with Crippen LogP contribution in [-0.2, 0) is 12.3 Å². The van der Waals surface area contributed by atoms with Gasteiger partial charge in [-0.3, -0.25) is 0 Å². The van der Waals surface area contributed by atoms with Crippen LogP contribution in [0.15, 0.2) is 46.9 Å². The molecule has 1 nitrogen and oxygen atoms in total. The van der Waals surface area contributed by atoms with Crippen LogP contribution in [0.1, 0.15) is 11.1 Å². The lowest BCUT2D eigenvalue weighted by Crippen LogP contribution is -2.06. The molecule has 114 valence electrons. The molecule has 2 aromatic carbocycles. The lowest BCUT2D eigenvalue weighted by Gasteiger charge is -2.27. The Morgan fingerprint density at radius 1 is 1.09 bits per heavy atom. The summed E-state index contributed by atoms with van der Waals surface area (Å²) in [6.07, 6.45) is 8.24. The van der Waals surface area contributed by atoms with Crippen molar-refractivity contribution < 1.29 is 0 Å². The molecule has 0 saturated carbocycles. The molecular weight excluding hydrogens is 354 g/mol. The van der Waals surface area contributed by atoms with Gasteiger partial charge in [-0.15, -0.1) is 0 Å². The number of aromatic nitrogens is 1. The average molecular weight is 374 g/mol. The van der Waals surface area contributed by atoms with Crippen LogP contribution in [-0.4, -0.2) is 23.3 Å². The second-order valence-corrected chi connectivity index (χ2v) is 12.3. The number of fused-ring (bicyclic) bond motifs is 5. The first-order valence-electron chi connectivity index (χ1n) is 7.49. The SMILES string of the molecule is CS(C)(C)Cn1c2c(c3cc(Br)ccc31)Cc1ccccc1-2. The van der Waals surface area contributed by atoms with E-state index in [1.165, 1.54) is 37.8 Å². The Labute approximate surface area is 141 Å². The van der Waals surface area contributed by atoms with E-state index in [-0.39, 0.29) is 0 Å². The molecular formula is C19H20BrNS. The van der Waals surface area contributed by atoms with Crippen LogP contribution in [0, 0.1) is 0 Å². The monoisotopic (exact) mass is 373 g/mol. The van der Waals surface area contributed by atoms with E-state index in [0.717, 1.165) is 12.3 Å². The fraction of sp³-hybridized carbons (Fsp3) is 0.263. The van der Waals surface area contributed by atoms with Crippen molar-refractivity contribution in [1.29, 1.82) is 0 Å². The van der Waals surface area contributed by atoms with Crippen LogP contribution in [0.5, 0.6) is 0 Å². The standard InChI is InChI=1S/C19H20BrNS/c1-22(2,3)12-21-18-9-8-14(20)11-16(18)17-10-13-6-4-5-7-15(13)19(17)21/h4-9,11H,10,12H2,1-3H3. The number of hydrogen-bond acceptors (Lipinski definition) is 0. The normalized spacial score (nSPS) is 14.2. The van der Waals surface area contributed by atoms with Gasteiger partial charge in [0.25, 0.3) is 0 Å². The third-order valence-electron chi connectivity index (χ3n) is 4.29. The van der Waals surface area contributed by atoms with E-state index in [1.807, 2.05) is 0 Å². The highest BCUT2D eigenvalue weighted by Gasteiger charge is 2.27. The number of nitrogens with zero attached hydrogens (tertiary/aromatic N) is 1. The topological polar surface area (TPSA) is 4.93 Å². The Bertz CT molecular complexity index is 886. The molecule has 1 aromatic heterocycles. The predicted molar refractivity (Wildman–Crippen MR) is 103 cm³/mol. The molecule has 0 spiro atoms. The predicted octanol–water partition coefficient (Wildman–Crippen LogP) is 5.63. The van der Waals surface area contributed by atoms with Crippen molar-refractivity contribution in [3.05, 3.63) is 58.1 Å². The summed E-state index contributed by atoms with van der Waals surface area (Å²) in [5, 5.41) is 1.41. The van der Waals surface area contributed by atoms with Crippen molar-refractivity contribution >= 4 is 36.9 Å². The fourth-order valence-electron chi connectivity index (χ4n) is 3.50. The average Bonchev–Trinajstić information content (AvgIpc) is 2.94. The minimum atomic E-state index is -0.622. The minimum Gasteiger partial charge on any atom is -0.332 e. The van der Waals surface area contributed by atoms with Gasteiger partial charge in [0.1, 0.15) is 0 Å². The lowest BCUT2D eigenvalue weighted by molar-refractivity contribution is 0.942. The van der Waals surface area contributed by atoms with Crippen LogP contribution in [0.25, 0.3) is 22.2 Å². The first kappa shape index (κ1) is 14.4. The molecule has 1 aliphatic carbocycles. The quantitative estimate of drug-likeness (QED) is 0.429. The summed E-state index contributed by atoms with van der Waals surface area (Å²) in [5.41, 5.74) is 7.22. The Balaban J connectivity index is 2.06. The molecule has 0 fully saturated rings. The Morgan fingerprint density at radius 2 is 1.86 bits per heavy atom. The van der Waals surface area contributed by atoms with Crippen molar-refractivity contribution in [2.45, 2.75) is 12.3 Å². The summed E-state index contributed by atoms with van der Waals surface area (Å²) >= 11 is 3.64. The molecule has 1 aliphatic rings. The zero-order chi connectivity index (χ0) is 15.5. The summed E-state index contributed by atoms with van der Waals surface area (Å²) in [5.74, 6) is 1.12. The van der Waals surface area contributed by atoms with Crippen LogP contribution >= 0.6 is 26.0 Å². The van der Waals surface area contributed by atoms with E-state index in [9.17, 15) is 0 Å². The van der Waals surface area contributed by atoms with Crippen LogP contribution in [0.4, 0.5) is 0 Å².